The van der Waals surface area contributed by atoms with Gasteiger partial charge >= 0.3 is 5.97 Å². The fourth-order valence-electron chi connectivity index (χ4n) is 8.15. The highest BCUT2D eigenvalue weighted by molar-refractivity contribution is 5.77. The van der Waals surface area contributed by atoms with Gasteiger partial charge in [0.05, 0.1) is 12.5 Å². The van der Waals surface area contributed by atoms with E-state index in [9.17, 15) is 4.79 Å². The summed E-state index contributed by atoms with van der Waals surface area (Å²) in [6, 6.07) is 0. The maximum atomic E-state index is 11.7. The molecule has 4 fully saturated rings. The molecular formula is C24H42O2. The van der Waals surface area contributed by atoms with Crippen LogP contribution in [0.15, 0.2) is 0 Å². The number of ether oxygens (including phenoxy) is 1. The number of esters is 1. The lowest BCUT2D eigenvalue weighted by Crippen LogP contribution is -2.39. The minimum Gasteiger partial charge on any atom is -0.469 e. The van der Waals surface area contributed by atoms with Crippen molar-refractivity contribution in [2.24, 2.45) is 45.3 Å². The molecule has 0 aromatic heterocycles. The third-order valence-corrected chi connectivity index (χ3v) is 10.3. The van der Waals surface area contributed by atoms with Gasteiger partial charge < -0.3 is 4.74 Å². The van der Waals surface area contributed by atoms with Crippen LogP contribution in [-0.4, -0.2) is 13.1 Å². The molecule has 4 rings (SSSR count). The van der Waals surface area contributed by atoms with Gasteiger partial charge in [-0.2, -0.15) is 0 Å². The van der Waals surface area contributed by atoms with Crippen LogP contribution in [0, 0.1) is 45.3 Å². The van der Waals surface area contributed by atoms with Crippen molar-refractivity contribution in [3.8, 4) is 0 Å². The Morgan fingerprint density at radius 1 is 0.962 bits per heavy atom. The number of carbonyl (C=O) groups excluding carboxylic acids is 1. The zero-order valence-corrected chi connectivity index (χ0v) is 18.6. The van der Waals surface area contributed by atoms with Crippen molar-refractivity contribution in [1.82, 2.24) is 0 Å². The van der Waals surface area contributed by atoms with Gasteiger partial charge in [-0.3, -0.25) is 4.79 Å². The summed E-state index contributed by atoms with van der Waals surface area (Å²) in [5, 5.41) is 0. The highest BCUT2D eigenvalue weighted by atomic mass is 16.5. The van der Waals surface area contributed by atoms with Crippen LogP contribution in [0.1, 0.15) is 93.4 Å². The summed E-state index contributed by atoms with van der Waals surface area (Å²) < 4.78 is 4.92. The second-order valence-corrected chi connectivity index (χ2v) is 11.1. The first-order valence-corrected chi connectivity index (χ1v) is 11.1. The Labute approximate surface area is 161 Å². The van der Waals surface area contributed by atoms with Crippen LogP contribution in [0.25, 0.3) is 0 Å². The van der Waals surface area contributed by atoms with Gasteiger partial charge in [-0.15, -0.1) is 0 Å². The third-order valence-electron chi connectivity index (χ3n) is 10.3. The predicted molar refractivity (Wildman–Crippen MR) is 108 cm³/mol. The molecule has 0 aromatic carbocycles. The standard InChI is InChI=1S/C13H22.C11H20O2/c1-8(2)10-6-9-7-11(3)12(9,4)13(10,11)5;1-9(2)11(10(12)13-3)7-5-4-6-8-11/h8-10H,6-7H2,1-5H3;9H,4-8H2,1-3H3. The Hall–Kier alpha value is -0.530. The highest BCUT2D eigenvalue weighted by Crippen LogP contribution is 2.98. The van der Waals surface area contributed by atoms with Crippen molar-refractivity contribution in [1.29, 1.82) is 0 Å². The molecule has 0 aromatic rings. The van der Waals surface area contributed by atoms with Crippen molar-refractivity contribution in [3.63, 3.8) is 0 Å². The van der Waals surface area contributed by atoms with Gasteiger partial charge in [0.1, 0.15) is 0 Å². The average molecular weight is 363 g/mol. The average Bonchev–Trinajstić information content (AvgIpc) is 2.80. The fraction of sp³-hybridized carbons (Fsp3) is 0.958. The summed E-state index contributed by atoms with van der Waals surface area (Å²) in [4.78, 5) is 11.7. The van der Waals surface area contributed by atoms with Crippen molar-refractivity contribution in [3.05, 3.63) is 0 Å². The second kappa shape index (κ2) is 6.24. The van der Waals surface area contributed by atoms with E-state index in [0.717, 1.165) is 41.4 Å². The Kier molecular flexibility index (Phi) is 4.85. The molecule has 4 aliphatic carbocycles. The SMILES string of the molecule is CC(C)C1CC2CC3(C)C2(C)C13C.COC(=O)C1(C(C)C)CCCCC1. The summed E-state index contributed by atoms with van der Waals surface area (Å²) >= 11 is 0. The largest absolute Gasteiger partial charge is 0.469 e. The number of rotatable bonds is 3. The monoisotopic (exact) mass is 362 g/mol. The molecule has 0 bridgehead atoms. The summed E-state index contributed by atoms with van der Waals surface area (Å²) in [5.74, 6) is 3.40. The van der Waals surface area contributed by atoms with Crippen LogP contribution in [0.2, 0.25) is 0 Å². The smallest absolute Gasteiger partial charge is 0.312 e. The van der Waals surface area contributed by atoms with E-state index in [1.165, 1.54) is 39.2 Å². The Morgan fingerprint density at radius 3 is 1.88 bits per heavy atom. The van der Waals surface area contributed by atoms with Crippen molar-refractivity contribution in [2.45, 2.75) is 93.4 Å². The maximum Gasteiger partial charge on any atom is 0.312 e. The normalized spacial score (nSPS) is 44.7. The van der Waals surface area contributed by atoms with E-state index in [1.807, 2.05) is 0 Å². The molecule has 0 N–H and O–H groups in total. The van der Waals surface area contributed by atoms with Gasteiger partial charge in [0.2, 0.25) is 0 Å². The molecule has 0 amide bonds. The molecule has 4 saturated carbocycles. The molecule has 0 heterocycles. The van der Waals surface area contributed by atoms with E-state index in [0.29, 0.717) is 11.3 Å². The quantitative estimate of drug-likeness (QED) is 0.537. The molecular weight excluding hydrogens is 320 g/mol. The lowest BCUT2D eigenvalue weighted by atomic mass is 9.62. The fourth-order valence-corrected chi connectivity index (χ4v) is 8.15. The van der Waals surface area contributed by atoms with Gasteiger partial charge in [0, 0.05) is 0 Å². The summed E-state index contributed by atoms with van der Waals surface area (Å²) in [7, 11) is 1.50. The van der Waals surface area contributed by atoms with Gasteiger partial charge in [-0.05, 0) is 65.6 Å². The van der Waals surface area contributed by atoms with Crippen LogP contribution in [0.3, 0.4) is 0 Å². The van der Waals surface area contributed by atoms with Crippen molar-refractivity contribution in [2.75, 3.05) is 7.11 Å². The molecule has 0 spiro atoms. The summed E-state index contributed by atoms with van der Waals surface area (Å²) in [6.45, 7) is 16.8. The lowest BCUT2D eigenvalue weighted by molar-refractivity contribution is -0.158. The summed E-state index contributed by atoms with van der Waals surface area (Å²) in [5.41, 5.74) is 2.01. The summed E-state index contributed by atoms with van der Waals surface area (Å²) in [6.07, 6.45) is 8.70. The molecule has 2 heteroatoms. The topological polar surface area (TPSA) is 26.3 Å². The number of carbonyl (C=O) groups is 1. The minimum absolute atomic E-state index is 0.00204. The second-order valence-electron chi connectivity index (χ2n) is 11.1. The lowest BCUT2D eigenvalue weighted by Gasteiger charge is -2.43. The molecule has 2 nitrogen and oxygen atoms in total. The first kappa shape index (κ1) is 20.2. The molecule has 5 unspecified atom stereocenters. The zero-order chi connectivity index (χ0) is 19.5. The van der Waals surface area contributed by atoms with Gasteiger partial charge in [0.15, 0.2) is 0 Å². The van der Waals surface area contributed by atoms with Crippen molar-refractivity contribution < 1.29 is 9.53 Å². The molecule has 150 valence electrons. The molecule has 5 atom stereocenters. The van der Waals surface area contributed by atoms with Crippen LogP contribution in [-0.2, 0) is 9.53 Å². The Bertz CT molecular complexity index is 559. The maximum absolute atomic E-state index is 11.7. The van der Waals surface area contributed by atoms with Gasteiger partial charge in [-0.25, -0.2) is 0 Å². The van der Waals surface area contributed by atoms with Crippen LogP contribution < -0.4 is 0 Å². The minimum atomic E-state index is -0.174. The third kappa shape index (κ3) is 2.20. The Balaban J connectivity index is 0.000000151. The van der Waals surface area contributed by atoms with E-state index in [-0.39, 0.29) is 11.4 Å². The first-order chi connectivity index (χ1) is 12.0. The number of fused-ring (bicyclic) bond motifs is 1. The van der Waals surface area contributed by atoms with E-state index in [1.54, 1.807) is 0 Å². The van der Waals surface area contributed by atoms with E-state index in [4.69, 9.17) is 4.74 Å². The molecule has 26 heavy (non-hydrogen) atoms. The number of hydrogen-bond acceptors (Lipinski definition) is 2. The van der Waals surface area contributed by atoms with E-state index in [2.05, 4.69) is 48.5 Å². The number of methoxy groups -OCH3 is 1. The number of hydrogen-bond donors (Lipinski definition) is 0. The Morgan fingerprint density at radius 2 is 1.54 bits per heavy atom. The predicted octanol–water partition coefficient (Wildman–Crippen LogP) is 6.48. The molecule has 0 radical (unpaired) electrons. The van der Waals surface area contributed by atoms with Crippen molar-refractivity contribution >= 4 is 5.97 Å². The highest BCUT2D eigenvalue weighted by Gasteiger charge is 2.92. The zero-order valence-electron chi connectivity index (χ0n) is 18.6. The molecule has 4 aliphatic rings. The van der Waals surface area contributed by atoms with Gasteiger partial charge in [0.25, 0.3) is 0 Å². The van der Waals surface area contributed by atoms with E-state index >= 15 is 0 Å². The van der Waals surface area contributed by atoms with Gasteiger partial charge in [-0.1, -0.05) is 67.7 Å². The first-order valence-electron chi connectivity index (χ1n) is 11.1. The van der Waals surface area contributed by atoms with Crippen LogP contribution >= 0.6 is 0 Å². The van der Waals surface area contributed by atoms with Crippen LogP contribution in [0.5, 0.6) is 0 Å². The molecule has 0 aliphatic heterocycles. The van der Waals surface area contributed by atoms with Crippen LogP contribution in [0.4, 0.5) is 0 Å². The van der Waals surface area contributed by atoms with E-state index < -0.39 is 0 Å². The molecule has 0 saturated heterocycles.